The summed E-state index contributed by atoms with van der Waals surface area (Å²) in [5.41, 5.74) is 2.70. The average molecular weight is 218 g/mol. The first-order chi connectivity index (χ1) is 7.66. The van der Waals surface area contributed by atoms with Crippen LogP contribution in [0.25, 0.3) is 0 Å². The highest BCUT2D eigenvalue weighted by molar-refractivity contribution is 5.46. The van der Waals surface area contributed by atoms with Crippen molar-refractivity contribution >= 4 is 5.69 Å². The summed E-state index contributed by atoms with van der Waals surface area (Å²) in [7, 11) is 4.16. The fourth-order valence-corrected chi connectivity index (χ4v) is 2.37. The van der Waals surface area contributed by atoms with Crippen LogP contribution >= 0.6 is 0 Å². The molecule has 1 heterocycles. The number of nitrogens with one attached hydrogen (secondary N) is 1. The van der Waals surface area contributed by atoms with E-state index in [2.05, 4.69) is 55.5 Å². The molecular weight excluding hydrogens is 196 g/mol. The van der Waals surface area contributed by atoms with Gasteiger partial charge in [0, 0.05) is 25.8 Å². The van der Waals surface area contributed by atoms with E-state index in [4.69, 9.17) is 0 Å². The molecule has 2 atom stereocenters. The second-order valence-corrected chi connectivity index (χ2v) is 5.12. The van der Waals surface area contributed by atoms with E-state index in [1.54, 1.807) is 0 Å². The van der Waals surface area contributed by atoms with Crippen LogP contribution in [0.2, 0.25) is 0 Å². The summed E-state index contributed by atoms with van der Waals surface area (Å²) >= 11 is 0. The Morgan fingerprint density at radius 2 is 1.88 bits per heavy atom. The molecule has 0 spiro atoms. The first kappa shape index (κ1) is 11.5. The van der Waals surface area contributed by atoms with Gasteiger partial charge in [-0.1, -0.05) is 19.1 Å². The molecule has 0 aliphatic carbocycles. The number of piperidine rings is 1. The maximum absolute atomic E-state index is 3.60. The Morgan fingerprint density at radius 3 is 2.44 bits per heavy atom. The third-order valence-corrected chi connectivity index (χ3v) is 3.48. The molecule has 0 saturated carbocycles. The maximum Gasteiger partial charge on any atom is 0.0361 e. The molecule has 1 N–H and O–H groups in total. The predicted molar refractivity (Wildman–Crippen MR) is 69.9 cm³/mol. The fourth-order valence-electron chi connectivity index (χ4n) is 2.37. The molecule has 1 aliphatic rings. The molecule has 88 valence electrons. The minimum atomic E-state index is 0.556. The highest BCUT2D eigenvalue weighted by Crippen LogP contribution is 2.27. The molecule has 0 aromatic heterocycles. The van der Waals surface area contributed by atoms with E-state index in [0.29, 0.717) is 6.04 Å². The van der Waals surface area contributed by atoms with E-state index >= 15 is 0 Å². The molecule has 2 nitrogen and oxygen atoms in total. The van der Waals surface area contributed by atoms with E-state index < -0.39 is 0 Å². The van der Waals surface area contributed by atoms with E-state index in [-0.39, 0.29) is 0 Å². The number of nitrogens with zero attached hydrogens (tertiary/aromatic N) is 1. The molecule has 1 aliphatic heterocycles. The summed E-state index contributed by atoms with van der Waals surface area (Å²) in [5, 5.41) is 3.60. The first-order valence-corrected chi connectivity index (χ1v) is 6.17. The third kappa shape index (κ3) is 2.56. The van der Waals surface area contributed by atoms with Gasteiger partial charge in [-0.05, 0) is 43.0 Å². The van der Waals surface area contributed by atoms with Crippen molar-refractivity contribution in [2.45, 2.75) is 25.8 Å². The van der Waals surface area contributed by atoms with E-state index in [1.165, 1.54) is 24.1 Å². The highest BCUT2D eigenvalue weighted by atomic mass is 15.1. The monoisotopic (exact) mass is 218 g/mol. The van der Waals surface area contributed by atoms with Gasteiger partial charge in [-0.15, -0.1) is 0 Å². The van der Waals surface area contributed by atoms with Crippen LogP contribution in [0.15, 0.2) is 24.3 Å². The molecule has 1 aromatic carbocycles. The van der Waals surface area contributed by atoms with Crippen molar-refractivity contribution in [2.24, 2.45) is 5.92 Å². The zero-order valence-corrected chi connectivity index (χ0v) is 10.5. The molecule has 1 fully saturated rings. The van der Waals surface area contributed by atoms with Gasteiger partial charge in [0.05, 0.1) is 0 Å². The Morgan fingerprint density at radius 1 is 1.19 bits per heavy atom. The van der Waals surface area contributed by atoms with Crippen molar-refractivity contribution in [3.8, 4) is 0 Å². The molecular formula is C14H22N2. The lowest BCUT2D eigenvalue weighted by Gasteiger charge is -2.28. The van der Waals surface area contributed by atoms with E-state index in [0.717, 1.165) is 12.5 Å². The lowest BCUT2D eigenvalue weighted by atomic mass is 9.90. The second kappa shape index (κ2) is 4.88. The van der Waals surface area contributed by atoms with Gasteiger partial charge >= 0.3 is 0 Å². The number of rotatable bonds is 2. The van der Waals surface area contributed by atoms with Crippen LogP contribution in [0, 0.1) is 5.92 Å². The van der Waals surface area contributed by atoms with Crippen molar-refractivity contribution in [3.05, 3.63) is 29.8 Å². The van der Waals surface area contributed by atoms with Crippen molar-refractivity contribution in [1.82, 2.24) is 5.32 Å². The average Bonchev–Trinajstić information content (AvgIpc) is 2.29. The summed E-state index contributed by atoms with van der Waals surface area (Å²) in [5.74, 6) is 0.847. The Hall–Kier alpha value is -1.02. The van der Waals surface area contributed by atoms with Gasteiger partial charge in [0.25, 0.3) is 0 Å². The van der Waals surface area contributed by atoms with Crippen LogP contribution in [0.5, 0.6) is 0 Å². The van der Waals surface area contributed by atoms with Crippen molar-refractivity contribution < 1.29 is 0 Å². The number of hydrogen-bond donors (Lipinski definition) is 1. The maximum atomic E-state index is 3.60. The summed E-state index contributed by atoms with van der Waals surface area (Å²) in [6.07, 6.45) is 2.58. The van der Waals surface area contributed by atoms with Crippen molar-refractivity contribution in [1.29, 1.82) is 0 Å². The quantitative estimate of drug-likeness (QED) is 0.821. The number of hydrogen-bond acceptors (Lipinski definition) is 2. The van der Waals surface area contributed by atoms with Crippen molar-refractivity contribution in [2.75, 3.05) is 25.5 Å². The Bertz CT molecular complexity index is 329. The normalized spacial score (nSPS) is 25.4. The molecule has 2 rings (SSSR count). The fraction of sp³-hybridized carbons (Fsp3) is 0.571. The zero-order chi connectivity index (χ0) is 11.5. The Labute approximate surface area is 98.7 Å². The van der Waals surface area contributed by atoms with Crippen LogP contribution in [0.3, 0.4) is 0 Å². The molecule has 0 amide bonds. The summed E-state index contributed by atoms with van der Waals surface area (Å²) in [6.45, 7) is 3.50. The van der Waals surface area contributed by atoms with E-state index in [9.17, 15) is 0 Å². The molecule has 16 heavy (non-hydrogen) atoms. The van der Waals surface area contributed by atoms with Gasteiger partial charge in [-0.2, -0.15) is 0 Å². The van der Waals surface area contributed by atoms with Gasteiger partial charge in [-0.25, -0.2) is 0 Å². The van der Waals surface area contributed by atoms with Crippen LogP contribution in [0.4, 0.5) is 5.69 Å². The standard InChI is InChI=1S/C14H22N2/c1-11-8-9-15-14(10-11)12-4-6-13(7-5-12)16(2)3/h4-7,11,14-15H,8-10H2,1-3H3. The van der Waals surface area contributed by atoms with Gasteiger partial charge in [-0.3, -0.25) is 0 Å². The number of benzene rings is 1. The Kier molecular flexibility index (Phi) is 3.49. The van der Waals surface area contributed by atoms with Crippen LogP contribution in [-0.4, -0.2) is 20.6 Å². The number of anilines is 1. The Balaban J connectivity index is 2.09. The van der Waals surface area contributed by atoms with Gasteiger partial charge in [0.1, 0.15) is 0 Å². The van der Waals surface area contributed by atoms with Gasteiger partial charge in [0.15, 0.2) is 0 Å². The molecule has 0 radical (unpaired) electrons. The second-order valence-electron chi connectivity index (χ2n) is 5.12. The van der Waals surface area contributed by atoms with Crippen LogP contribution in [-0.2, 0) is 0 Å². The molecule has 0 bridgehead atoms. The SMILES string of the molecule is CC1CCNC(c2ccc(N(C)C)cc2)C1. The lowest BCUT2D eigenvalue weighted by molar-refractivity contribution is 0.325. The molecule has 2 unspecified atom stereocenters. The minimum absolute atomic E-state index is 0.556. The summed E-state index contributed by atoms with van der Waals surface area (Å²) in [4.78, 5) is 2.14. The molecule has 2 heteroatoms. The zero-order valence-electron chi connectivity index (χ0n) is 10.5. The lowest BCUT2D eigenvalue weighted by Crippen LogP contribution is -2.30. The van der Waals surface area contributed by atoms with Crippen LogP contribution in [0.1, 0.15) is 31.4 Å². The van der Waals surface area contributed by atoms with Crippen molar-refractivity contribution in [3.63, 3.8) is 0 Å². The van der Waals surface area contributed by atoms with Gasteiger partial charge < -0.3 is 10.2 Å². The topological polar surface area (TPSA) is 15.3 Å². The summed E-state index contributed by atoms with van der Waals surface area (Å²) < 4.78 is 0. The third-order valence-electron chi connectivity index (χ3n) is 3.48. The largest absolute Gasteiger partial charge is 0.378 e. The highest BCUT2D eigenvalue weighted by Gasteiger charge is 2.19. The first-order valence-electron chi connectivity index (χ1n) is 6.17. The smallest absolute Gasteiger partial charge is 0.0361 e. The predicted octanol–water partition coefficient (Wildman–Crippen LogP) is 2.81. The minimum Gasteiger partial charge on any atom is -0.378 e. The molecule has 1 saturated heterocycles. The van der Waals surface area contributed by atoms with Crippen LogP contribution < -0.4 is 10.2 Å². The summed E-state index contributed by atoms with van der Waals surface area (Å²) in [6, 6.07) is 9.47. The molecule has 1 aromatic rings. The van der Waals surface area contributed by atoms with E-state index in [1.807, 2.05) is 0 Å². The van der Waals surface area contributed by atoms with Gasteiger partial charge in [0.2, 0.25) is 0 Å².